The van der Waals surface area contributed by atoms with E-state index in [4.69, 9.17) is 4.74 Å². The Morgan fingerprint density at radius 2 is 2.08 bits per heavy atom. The van der Waals surface area contributed by atoms with E-state index in [0.29, 0.717) is 11.7 Å². The Morgan fingerprint density at radius 3 is 2.79 bits per heavy atom. The highest BCUT2D eigenvalue weighted by atomic mass is 16.5. The fourth-order valence-corrected chi connectivity index (χ4v) is 4.33. The van der Waals surface area contributed by atoms with Crippen LogP contribution in [0.4, 0.5) is 0 Å². The second-order valence-corrected chi connectivity index (χ2v) is 8.16. The Bertz CT molecular complexity index is 643. The van der Waals surface area contributed by atoms with Gasteiger partial charge in [0.05, 0.1) is 6.10 Å². The maximum atomic E-state index is 10.7. The van der Waals surface area contributed by atoms with Crippen LogP contribution >= 0.6 is 0 Å². The number of aryl methyl sites for hydroxylation is 1. The smallest absolute Gasteiger partial charge is 0.127 e. The van der Waals surface area contributed by atoms with Crippen LogP contribution in [0.5, 0.6) is 11.5 Å². The summed E-state index contributed by atoms with van der Waals surface area (Å²) in [4.78, 5) is 0. The first kappa shape index (κ1) is 17.3. The zero-order valence-electron chi connectivity index (χ0n) is 15.3. The molecule has 0 radical (unpaired) electrons. The summed E-state index contributed by atoms with van der Waals surface area (Å²) in [6.45, 7) is 8.33. The third-order valence-electron chi connectivity index (χ3n) is 5.61. The summed E-state index contributed by atoms with van der Waals surface area (Å²) in [5.41, 5.74) is 3.22. The zero-order chi connectivity index (χ0) is 17.5. The Labute approximate surface area is 145 Å². The van der Waals surface area contributed by atoms with E-state index in [-0.39, 0.29) is 17.6 Å². The molecule has 0 spiro atoms. The summed E-state index contributed by atoms with van der Waals surface area (Å²) < 4.78 is 6.33. The van der Waals surface area contributed by atoms with Gasteiger partial charge in [-0.2, -0.15) is 0 Å². The second kappa shape index (κ2) is 6.44. The molecule has 2 N–H and O–H groups in total. The lowest BCUT2D eigenvalue weighted by atomic mass is 9.68. The average Bonchev–Trinajstić information content (AvgIpc) is 2.45. The summed E-state index contributed by atoms with van der Waals surface area (Å²) in [5, 5.41) is 20.1. The number of fused-ring (bicyclic) bond motifs is 3. The summed E-state index contributed by atoms with van der Waals surface area (Å²) >= 11 is 0. The maximum absolute atomic E-state index is 10.7. The molecule has 1 unspecified atom stereocenters. The molecule has 2 aliphatic rings. The largest absolute Gasteiger partial charge is 0.507 e. The van der Waals surface area contributed by atoms with Crippen LogP contribution < -0.4 is 4.74 Å². The minimum Gasteiger partial charge on any atom is -0.507 e. The monoisotopic (exact) mass is 330 g/mol. The molecule has 3 atom stereocenters. The molecule has 1 heterocycles. The van der Waals surface area contributed by atoms with E-state index in [1.807, 2.05) is 13.0 Å². The Morgan fingerprint density at radius 1 is 1.33 bits per heavy atom. The van der Waals surface area contributed by atoms with Crippen molar-refractivity contribution in [1.29, 1.82) is 0 Å². The molecule has 132 valence electrons. The van der Waals surface area contributed by atoms with Gasteiger partial charge < -0.3 is 14.9 Å². The van der Waals surface area contributed by atoms with Gasteiger partial charge in [0.2, 0.25) is 0 Å². The van der Waals surface area contributed by atoms with Crippen LogP contribution in [-0.2, 0) is 6.42 Å². The molecular formula is C21H30O3. The topological polar surface area (TPSA) is 49.7 Å². The molecular weight excluding hydrogens is 300 g/mol. The number of hydrogen-bond acceptors (Lipinski definition) is 3. The van der Waals surface area contributed by atoms with Gasteiger partial charge in [0, 0.05) is 17.4 Å². The number of aliphatic hydroxyl groups is 1. The van der Waals surface area contributed by atoms with Crippen molar-refractivity contribution in [3.05, 3.63) is 34.9 Å². The van der Waals surface area contributed by atoms with Crippen molar-refractivity contribution in [1.82, 2.24) is 0 Å². The van der Waals surface area contributed by atoms with E-state index in [1.54, 1.807) is 0 Å². The van der Waals surface area contributed by atoms with Gasteiger partial charge in [-0.1, -0.05) is 11.6 Å². The number of benzene rings is 1. The summed E-state index contributed by atoms with van der Waals surface area (Å²) in [5.74, 6) is 1.83. The van der Waals surface area contributed by atoms with Gasteiger partial charge in [-0.05, 0) is 77.5 Å². The molecule has 0 saturated heterocycles. The van der Waals surface area contributed by atoms with Crippen LogP contribution in [0.25, 0.3) is 0 Å². The summed E-state index contributed by atoms with van der Waals surface area (Å²) in [6, 6.07) is 3.98. The highest BCUT2D eigenvalue weighted by Crippen LogP contribution is 2.53. The minimum atomic E-state index is -0.275. The van der Waals surface area contributed by atoms with E-state index in [9.17, 15) is 10.2 Å². The van der Waals surface area contributed by atoms with Crippen molar-refractivity contribution >= 4 is 0 Å². The van der Waals surface area contributed by atoms with Crippen molar-refractivity contribution in [2.45, 2.75) is 77.4 Å². The van der Waals surface area contributed by atoms with E-state index in [2.05, 4.69) is 32.9 Å². The number of phenolic OH excluding ortho intramolecular Hbond substituents is 1. The van der Waals surface area contributed by atoms with Crippen LogP contribution in [0.15, 0.2) is 23.8 Å². The minimum absolute atomic E-state index is 0.223. The van der Waals surface area contributed by atoms with E-state index in [0.717, 1.165) is 49.0 Å². The number of hydrogen-bond donors (Lipinski definition) is 2. The van der Waals surface area contributed by atoms with Crippen LogP contribution in [0, 0.1) is 5.92 Å². The molecule has 0 fully saturated rings. The van der Waals surface area contributed by atoms with Gasteiger partial charge in [-0.15, -0.1) is 0 Å². The molecule has 0 aromatic heterocycles. The fraction of sp³-hybridized carbons (Fsp3) is 0.619. The van der Waals surface area contributed by atoms with Crippen molar-refractivity contribution < 1.29 is 14.9 Å². The van der Waals surface area contributed by atoms with Gasteiger partial charge in [-0.25, -0.2) is 0 Å². The summed E-state index contributed by atoms with van der Waals surface area (Å²) in [6.07, 6.45) is 6.79. The normalized spacial score (nSPS) is 26.0. The first-order valence-electron chi connectivity index (χ1n) is 9.18. The fourth-order valence-electron chi connectivity index (χ4n) is 4.33. The number of allylic oxidation sites excluding steroid dienone is 2. The Hall–Kier alpha value is -1.48. The maximum Gasteiger partial charge on any atom is 0.127 e. The van der Waals surface area contributed by atoms with E-state index >= 15 is 0 Å². The zero-order valence-corrected chi connectivity index (χ0v) is 15.3. The molecule has 1 aromatic carbocycles. The second-order valence-electron chi connectivity index (χ2n) is 8.16. The number of aromatic hydroxyl groups is 1. The lowest BCUT2D eigenvalue weighted by molar-refractivity contribution is 0.0107. The predicted molar refractivity (Wildman–Crippen MR) is 96.7 cm³/mol. The van der Waals surface area contributed by atoms with Crippen LogP contribution in [-0.4, -0.2) is 21.9 Å². The van der Waals surface area contributed by atoms with Gasteiger partial charge >= 0.3 is 0 Å². The molecule has 3 nitrogen and oxygen atoms in total. The molecule has 1 aliphatic heterocycles. The lowest BCUT2D eigenvalue weighted by Crippen LogP contribution is -2.45. The summed E-state index contributed by atoms with van der Waals surface area (Å²) in [7, 11) is 0. The first-order chi connectivity index (χ1) is 11.3. The number of phenols is 1. The van der Waals surface area contributed by atoms with Crippen LogP contribution in [0.1, 0.15) is 70.4 Å². The Kier molecular flexibility index (Phi) is 4.65. The highest BCUT2D eigenvalue weighted by molar-refractivity contribution is 5.53. The molecule has 1 aliphatic carbocycles. The van der Waals surface area contributed by atoms with Gasteiger partial charge in [0.1, 0.15) is 17.1 Å². The van der Waals surface area contributed by atoms with Gasteiger partial charge in [0.25, 0.3) is 0 Å². The average molecular weight is 330 g/mol. The number of aliphatic hydroxyl groups excluding tert-OH is 1. The SMILES string of the molecule is CC1=C[C@H]2c3c(O)cc(CCCC(C)O)cc3OC(C)(C)[C@@H]2CC1. The van der Waals surface area contributed by atoms with Crippen LogP contribution in [0.3, 0.4) is 0 Å². The first-order valence-corrected chi connectivity index (χ1v) is 9.18. The van der Waals surface area contributed by atoms with Gasteiger partial charge in [-0.3, -0.25) is 0 Å². The Balaban J connectivity index is 1.94. The third kappa shape index (κ3) is 3.32. The van der Waals surface area contributed by atoms with E-state index < -0.39 is 0 Å². The standard InChI is InChI=1S/C21H30O3/c1-13-8-9-17-16(10-13)20-18(23)11-15(7-5-6-14(2)22)12-19(20)24-21(17,3)4/h10-12,14,16-17,22-23H,5-9H2,1-4H3/t14?,16-,17-/m1/s1. The molecule has 3 rings (SSSR count). The number of ether oxygens (including phenoxy) is 1. The molecule has 0 amide bonds. The highest BCUT2D eigenvalue weighted by Gasteiger charge is 2.45. The van der Waals surface area contributed by atoms with Gasteiger partial charge in [0.15, 0.2) is 0 Å². The molecule has 3 heteroatoms. The molecule has 1 aromatic rings. The van der Waals surface area contributed by atoms with E-state index in [1.165, 1.54) is 5.57 Å². The molecule has 0 bridgehead atoms. The van der Waals surface area contributed by atoms with Crippen molar-refractivity contribution in [3.63, 3.8) is 0 Å². The van der Waals surface area contributed by atoms with Crippen molar-refractivity contribution in [3.8, 4) is 11.5 Å². The lowest BCUT2D eigenvalue weighted by Gasteiger charge is -2.46. The molecule has 24 heavy (non-hydrogen) atoms. The quantitative estimate of drug-likeness (QED) is 0.786. The van der Waals surface area contributed by atoms with Crippen molar-refractivity contribution in [2.24, 2.45) is 5.92 Å². The third-order valence-corrected chi connectivity index (χ3v) is 5.61. The van der Waals surface area contributed by atoms with Crippen LogP contribution in [0.2, 0.25) is 0 Å². The van der Waals surface area contributed by atoms with Crippen molar-refractivity contribution in [2.75, 3.05) is 0 Å². The predicted octanol–water partition coefficient (Wildman–Crippen LogP) is 4.71. The number of rotatable bonds is 4. The molecule has 0 saturated carbocycles.